The van der Waals surface area contributed by atoms with Gasteiger partial charge < -0.3 is 15.2 Å². The van der Waals surface area contributed by atoms with Crippen LogP contribution in [0, 0.1) is 0 Å². The van der Waals surface area contributed by atoms with Crippen molar-refractivity contribution in [1.29, 1.82) is 0 Å². The SMILES string of the molecule is COc1ccc2nccc(NC3CCC(O)(c4cccnc4)CC3)c2c1. The molecule has 0 amide bonds. The number of hydrogen-bond acceptors (Lipinski definition) is 5. The van der Waals surface area contributed by atoms with Crippen LogP contribution in [0.1, 0.15) is 31.2 Å². The first-order valence-electron chi connectivity index (χ1n) is 9.00. The fourth-order valence-corrected chi connectivity index (χ4v) is 3.76. The maximum Gasteiger partial charge on any atom is 0.119 e. The first kappa shape index (κ1) is 16.8. The number of benzene rings is 1. The van der Waals surface area contributed by atoms with Gasteiger partial charge in [0.15, 0.2) is 0 Å². The van der Waals surface area contributed by atoms with Gasteiger partial charge in [-0.15, -0.1) is 0 Å². The van der Waals surface area contributed by atoms with E-state index in [0.717, 1.165) is 53.6 Å². The Morgan fingerprint density at radius 3 is 2.73 bits per heavy atom. The Labute approximate surface area is 153 Å². The second kappa shape index (κ2) is 6.92. The number of aliphatic hydroxyl groups is 1. The van der Waals surface area contributed by atoms with E-state index in [2.05, 4.69) is 15.3 Å². The number of anilines is 1. The lowest BCUT2D eigenvalue weighted by molar-refractivity contribution is -0.00359. The van der Waals surface area contributed by atoms with Crippen molar-refractivity contribution in [2.45, 2.75) is 37.3 Å². The van der Waals surface area contributed by atoms with E-state index in [1.165, 1.54) is 0 Å². The van der Waals surface area contributed by atoms with Gasteiger partial charge in [0.2, 0.25) is 0 Å². The van der Waals surface area contributed by atoms with E-state index >= 15 is 0 Å². The predicted octanol–water partition coefficient (Wildman–Crippen LogP) is 3.88. The zero-order valence-corrected chi connectivity index (χ0v) is 14.9. The van der Waals surface area contributed by atoms with Crippen molar-refractivity contribution in [2.75, 3.05) is 12.4 Å². The van der Waals surface area contributed by atoms with Crippen LogP contribution in [0.5, 0.6) is 5.75 Å². The standard InChI is InChI=1S/C21H23N3O2/c1-26-17-4-5-19-18(13-17)20(8-12-23-19)24-16-6-9-21(25,10-7-16)15-3-2-11-22-14-15/h2-5,8,11-14,16,25H,6-7,9-10H2,1H3,(H,23,24). The van der Waals surface area contributed by atoms with Gasteiger partial charge in [-0.1, -0.05) is 6.07 Å². The fourth-order valence-electron chi connectivity index (χ4n) is 3.76. The Hall–Kier alpha value is -2.66. The molecule has 0 atom stereocenters. The summed E-state index contributed by atoms with van der Waals surface area (Å²) in [5.41, 5.74) is 2.15. The third-order valence-corrected chi connectivity index (χ3v) is 5.32. The lowest BCUT2D eigenvalue weighted by Gasteiger charge is -2.37. The second-order valence-electron chi connectivity index (χ2n) is 6.93. The molecule has 3 aromatic rings. The molecule has 2 N–H and O–H groups in total. The van der Waals surface area contributed by atoms with Crippen molar-refractivity contribution < 1.29 is 9.84 Å². The molecule has 0 radical (unpaired) electrons. The lowest BCUT2D eigenvalue weighted by atomic mass is 9.78. The number of rotatable bonds is 4. The lowest BCUT2D eigenvalue weighted by Crippen LogP contribution is -2.36. The zero-order chi connectivity index (χ0) is 18.0. The molecule has 1 aromatic carbocycles. The van der Waals surface area contributed by atoms with Crippen LogP contribution >= 0.6 is 0 Å². The van der Waals surface area contributed by atoms with Gasteiger partial charge in [-0.25, -0.2) is 0 Å². The smallest absolute Gasteiger partial charge is 0.119 e. The van der Waals surface area contributed by atoms with Crippen LogP contribution in [0.25, 0.3) is 10.9 Å². The average molecular weight is 349 g/mol. The van der Waals surface area contributed by atoms with Crippen molar-refractivity contribution in [3.63, 3.8) is 0 Å². The van der Waals surface area contributed by atoms with Crippen LogP contribution in [-0.4, -0.2) is 28.2 Å². The summed E-state index contributed by atoms with van der Waals surface area (Å²) in [6.07, 6.45) is 8.59. The average Bonchev–Trinajstić information content (AvgIpc) is 2.70. The molecule has 0 spiro atoms. The Kier molecular flexibility index (Phi) is 4.47. The highest BCUT2D eigenvalue weighted by molar-refractivity contribution is 5.92. The summed E-state index contributed by atoms with van der Waals surface area (Å²) in [5, 5.41) is 15.7. The highest BCUT2D eigenvalue weighted by Crippen LogP contribution is 2.38. The second-order valence-corrected chi connectivity index (χ2v) is 6.93. The Balaban J connectivity index is 1.50. The van der Waals surface area contributed by atoms with Crippen LogP contribution < -0.4 is 10.1 Å². The molecule has 1 saturated carbocycles. The summed E-state index contributed by atoms with van der Waals surface area (Å²) >= 11 is 0. The number of aromatic nitrogens is 2. The normalized spacial score (nSPS) is 22.9. The number of nitrogens with one attached hydrogen (secondary N) is 1. The molecule has 26 heavy (non-hydrogen) atoms. The molecule has 1 aliphatic rings. The number of methoxy groups -OCH3 is 1. The molecule has 1 aliphatic carbocycles. The zero-order valence-electron chi connectivity index (χ0n) is 14.9. The summed E-state index contributed by atoms with van der Waals surface area (Å²) in [6.45, 7) is 0. The molecule has 5 nitrogen and oxygen atoms in total. The van der Waals surface area contributed by atoms with E-state index in [-0.39, 0.29) is 0 Å². The largest absolute Gasteiger partial charge is 0.497 e. The number of fused-ring (bicyclic) bond motifs is 1. The van der Waals surface area contributed by atoms with E-state index in [4.69, 9.17) is 4.74 Å². The molecular formula is C21H23N3O2. The molecule has 0 unspecified atom stereocenters. The summed E-state index contributed by atoms with van der Waals surface area (Å²) in [4.78, 5) is 8.58. The minimum Gasteiger partial charge on any atom is -0.497 e. The monoisotopic (exact) mass is 349 g/mol. The third kappa shape index (κ3) is 3.22. The van der Waals surface area contributed by atoms with Crippen LogP contribution in [0.3, 0.4) is 0 Å². The van der Waals surface area contributed by atoms with Gasteiger partial charge in [-0.3, -0.25) is 9.97 Å². The van der Waals surface area contributed by atoms with Crippen LogP contribution in [0.15, 0.2) is 55.0 Å². The third-order valence-electron chi connectivity index (χ3n) is 5.32. The summed E-state index contributed by atoms with van der Waals surface area (Å²) in [7, 11) is 1.67. The van der Waals surface area contributed by atoms with E-state index in [9.17, 15) is 5.11 Å². The molecule has 134 valence electrons. The van der Waals surface area contributed by atoms with Crippen molar-refractivity contribution in [1.82, 2.24) is 9.97 Å². The van der Waals surface area contributed by atoms with E-state index < -0.39 is 5.60 Å². The van der Waals surface area contributed by atoms with Crippen molar-refractivity contribution in [3.8, 4) is 5.75 Å². The molecular weight excluding hydrogens is 326 g/mol. The topological polar surface area (TPSA) is 67.3 Å². The van der Waals surface area contributed by atoms with Gasteiger partial charge in [0.05, 0.1) is 18.2 Å². The number of hydrogen-bond donors (Lipinski definition) is 2. The minimum absolute atomic E-state index is 0.323. The van der Waals surface area contributed by atoms with E-state index in [1.54, 1.807) is 19.5 Å². The predicted molar refractivity (Wildman–Crippen MR) is 102 cm³/mol. The molecule has 4 rings (SSSR count). The van der Waals surface area contributed by atoms with Crippen LogP contribution in [0.4, 0.5) is 5.69 Å². The first-order chi connectivity index (χ1) is 12.7. The van der Waals surface area contributed by atoms with Crippen molar-refractivity contribution in [2.24, 2.45) is 0 Å². The Morgan fingerprint density at radius 2 is 2.00 bits per heavy atom. The molecule has 0 aliphatic heterocycles. The molecule has 2 aromatic heterocycles. The minimum atomic E-state index is -0.768. The Morgan fingerprint density at radius 1 is 1.15 bits per heavy atom. The molecule has 0 bridgehead atoms. The number of ether oxygens (including phenoxy) is 1. The fraction of sp³-hybridized carbons (Fsp3) is 0.333. The first-order valence-corrected chi connectivity index (χ1v) is 9.00. The molecule has 5 heteroatoms. The van der Waals surface area contributed by atoms with Crippen molar-refractivity contribution >= 4 is 16.6 Å². The molecule has 2 heterocycles. The molecule has 0 saturated heterocycles. The summed E-state index contributed by atoms with van der Waals surface area (Å²) in [5.74, 6) is 0.822. The summed E-state index contributed by atoms with van der Waals surface area (Å²) < 4.78 is 5.35. The van der Waals surface area contributed by atoms with Gasteiger partial charge in [0, 0.05) is 41.3 Å². The quantitative estimate of drug-likeness (QED) is 0.748. The van der Waals surface area contributed by atoms with Crippen molar-refractivity contribution in [3.05, 3.63) is 60.6 Å². The van der Waals surface area contributed by atoms with E-state index in [1.807, 2.05) is 42.6 Å². The maximum absolute atomic E-state index is 11.0. The van der Waals surface area contributed by atoms with Gasteiger partial charge in [-0.05, 0) is 56.0 Å². The van der Waals surface area contributed by atoms with Gasteiger partial charge >= 0.3 is 0 Å². The molecule has 1 fully saturated rings. The number of pyridine rings is 2. The van der Waals surface area contributed by atoms with Gasteiger partial charge in [0.1, 0.15) is 5.75 Å². The number of nitrogens with zero attached hydrogens (tertiary/aromatic N) is 2. The summed E-state index contributed by atoms with van der Waals surface area (Å²) in [6, 6.07) is 12.1. The highest BCUT2D eigenvalue weighted by Gasteiger charge is 2.35. The Bertz CT molecular complexity index is 890. The highest BCUT2D eigenvalue weighted by atomic mass is 16.5. The van der Waals surface area contributed by atoms with Crippen LogP contribution in [-0.2, 0) is 5.60 Å². The van der Waals surface area contributed by atoms with Crippen LogP contribution in [0.2, 0.25) is 0 Å². The van der Waals surface area contributed by atoms with Gasteiger partial charge in [0.25, 0.3) is 0 Å². The van der Waals surface area contributed by atoms with E-state index in [0.29, 0.717) is 6.04 Å². The van der Waals surface area contributed by atoms with Gasteiger partial charge in [-0.2, -0.15) is 0 Å². The maximum atomic E-state index is 11.0.